The van der Waals surface area contributed by atoms with Gasteiger partial charge in [-0.25, -0.2) is 0 Å². The zero-order chi connectivity index (χ0) is 13.3. The van der Waals surface area contributed by atoms with Crippen molar-refractivity contribution >= 4 is 0 Å². The summed E-state index contributed by atoms with van der Waals surface area (Å²) >= 11 is 0. The Labute approximate surface area is 105 Å². The minimum absolute atomic E-state index is 0.346. The van der Waals surface area contributed by atoms with Crippen LogP contribution in [-0.4, -0.2) is 12.2 Å². The van der Waals surface area contributed by atoms with Gasteiger partial charge in [-0.15, -0.1) is 0 Å². The first-order valence-corrected chi connectivity index (χ1v) is 6.24. The molecule has 0 radical (unpaired) electrons. The Kier molecular flexibility index (Phi) is 3.71. The summed E-state index contributed by atoms with van der Waals surface area (Å²) in [5.74, 6) is 2.84. The first kappa shape index (κ1) is 13.5. The number of furan rings is 1. The summed E-state index contributed by atoms with van der Waals surface area (Å²) < 4.78 is 42.0. The van der Waals surface area contributed by atoms with Crippen LogP contribution in [0.2, 0.25) is 0 Å². The molecule has 3 unspecified atom stereocenters. The highest BCUT2D eigenvalue weighted by atomic mass is 19.4. The van der Waals surface area contributed by atoms with E-state index in [4.69, 9.17) is 4.42 Å². The predicted octanol–water partition coefficient (Wildman–Crippen LogP) is 3.83. The highest BCUT2D eigenvalue weighted by Crippen LogP contribution is 2.47. The fourth-order valence-electron chi connectivity index (χ4n) is 2.10. The van der Waals surface area contributed by atoms with Crippen LogP contribution in [0.1, 0.15) is 44.1 Å². The van der Waals surface area contributed by atoms with Crippen molar-refractivity contribution in [2.45, 2.75) is 51.4 Å². The maximum atomic E-state index is 12.1. The fraction of sp³-hybridized carbons (Fsp3) is 0.692. The molecule has 102 valence electrons. The van der Waals surface area contributed by atoms with Gasteiger partial charge in [-0.2, -0.15) is 13.2 Å². The predicted molar refractivity (Wildman–Crippen MR) is 62.2 cm³/mol. The van der Waals surface area contributed by atoms with E-state index in [0.717, 1.165) is 12.2 Å². The highest BCUT2D eigenvalue weighted by molar-refractivity contribution is 5.17. The number of nitrogens with one attached hydrogen (secondary N) is 1. The van der Waals surface area contributed by atoms with Gasteiger partial charge in [0.1, 0.15) is 11.5 Å². The van der Waals surface area contributed by atoms with Crippen molar-refractivity contribution < 1.29 is 17.6 Å². The maximum absolute atomic E-state index is 12.1. The van der Waals surface area contributed by atoms with Gasteiger partial charge in [0.2, 0.25) is 0 Å². The molecule has 0 aliphatic heterocycles. The van der Waals surface area contributed by atoms with Crippen LogP contribution in [0.5, 0.6) is 0 Å². The second-order valence-electron chi connectivity index (χ2n) is 5.22. The van der Waals surface area contributed by atoms with Crippen LogP contribution in [-0.2, 0) is 6.54 Å². The van der Waals surface area contributed by atoms with Crippen LogP contribution < -0.4 is 5.32 Å². The van der Waals surface area contributed by atoms with Crippen molar-refractivity contribution in [2.24, 2.45) is 5.92 Å². The van der Waals surface area contributed by atoms with Crippen LogP contribution in [0.4, 0.5) is 13.2 Å². The van der Waals surface area contributed by atoms with Gasteiger partial charge in [-0.1, -0.05) is 6.92 Å². The summed E-state index contributed by atoms with van der Waals surface area (Å²) in [6.07, 6.45) is -3.80. The lowest BCUT2D eigenvalue weighted by Gasteiger charge is -2.14. The molecule has 0 amide bonds. The van der Waals surface area contributed by atoms with E-state index in [1.165, 1.54) is 6.92 Å². The molecule has 1 aliphatic rings. The Morgan fingerprint density at radius 1 is 1.44 bits per heavy atom. The number of hydrogen-bond donors (Lipinski definition) is 1. The molecule has 3 atom stereocenters. The third-order valence-corrected chi connectivity index (χ3v) is 3.32. The van der Waals surface area contributed by atoms with E-state index < -0.39 is 18.6 Å². The zero-order valence-corrected chi connectivity index (χ0v) is 10.6. The standard InChI is InChI=1S/C13H18F3NO/c1-8-5-11(8)12-4-3-10(18-12)7-17-9(2)6-13(14,15)16/h3-4,8-9,11,17H,5-7H2,1-2H3. The number of hydrogen-bond acceptors (Lipinski definition) is 2. The zero-order valence-electron chi connectivity index (χ0n) is 10.6. The Morgan fingerprint density at radius 3 is 2.67 bits per heavy atom. The molecule has 1 heterocycles. The molecule has 0 aromatic carbocycles. The number of halogens is 3. The van der Waals surface area contributed by atoms with Crippen molar-refractivity contribution in [3.05, 3.63) is 23.7 Å². The summed E-state index contributed by atoms with van der Waals surface area (Å²) in [7, 11) is 0. The summed E-state index contributed by atoms with van der Waals surface area (Å²) in [5.41, 5.74) is 0. The SMILES string of the molecule is CC(CC(F)(F)F)NCc1ccc(C2CC2C)o1. The van der Waals surface area contributed by atoms with Crippen molar-refractivity contribution in [2.75, 3.05) is 0 Å². The highest BCUT2D eigenvalue weighted by Gasteiger charge is 2.36. The minimum Gasteiger partial charge on any atom is -0.464 e. The van der Waals surface area contributed by atoms with Gasteiger partial charge in [0, 0.05) is 12.0 Å². The molecular formula is C13H18F3NO. The summed E-state index contributed by atoms with van der Waals surface area (Å²) in [5, 5.41) is 2.83. The van der Waals surface area contributed by atoms with Crippen molar-refractivity contribution in [1.29, 1.82) is 0 Å². The molecule has 1 aromatic heterocycles. The lowest BCUT2D eigenvalue weighted by Crippen LogP contribution is -2.30. The van der Waals surface area contributed by atoms with E-state index in [9.17, 15) is 13.2 Å². The van der Waals surface area contributed by atoms with Gasteiger partial charge in [0.25, 0.3) is 0 Å². The molecule has 1 N–H and O–H groups in total. The van der Waals surface area contributed by atoms with Gasteiger partial charge in [-0.05, 0) is 31.4 Å². The molecule has 2 nitrogen and oxygen atoms in total. The normalized spacial score (nSPS) is 25.2. The van der Waals surface area contributed by atoms with E-state index in [2.05, 4.69) is 12.2 Å². The topological polar surface area (TPSA) is 25.2 Å². The molecule has 1 aliphatic carbocycles. The van der Waals surface area contributed by atoms with Crippen LogP contribution >= 0.6 is 0 Å². The lowest BCUT2D eigenvalue weighted by atomic mass is 10.2. The van der Waals surface area contributed by atoms with Gasteiger partial charge in [-0.3, -0.25) is 0 Å². The van der Waals surface area contributed by atoms with Crippen LogP contribution in [0.3, 0.4) is 0 Å². The van der Waals surface area contributed by atoms with E-state index in [0.29, 0.717) is 24.1 Å². The maximum Gasteiger partial charge on any atom is 0.390 e. The smallest absolute Gasteiger partial charge is 0.390 e. The largest absolute Gasteiger partial charge is 0.464 e. The Morgan fingerprint density at radius 2 is 2.11 bits per heavy atom. The van der Waals surface area contributed by atoms with E-state index >= 15 is 0 Å². The monoisotopic (exact) mass is 261 g/mol. The molecule has 0 bridgehead atoms. The molecule has 0 spiro atoms. The fourth-order valence-corrected chi connectivity index (χ4v) is 2.10. The summed E-state index contributed by atoms with van der Waals surface area (Å²) in [4.78, 5) is 0. The molecule has 1 fully saturated rings. The first-order chi connectivity index (χ1) is 8.35. The third-order valence-electron chi connectivity index (χ3n) is 3.32. The van der Waals surface area contributed by atoms with E-state index in [1.807, 2.05) is 12.1 Å². The molecule has 5 heteroatoms. The van der Waals surface area contributed by atoms with Gasteiger partial charge in [0.15, 0.2) is 0 Å². The average molecular weight is 261 g/mol. The molecule has 1 saturated carbocycles. The van der Waals surface area contributed by atoms with Crippen LogP contribution in [0.15, 0.2) is 16.5 Å². The Balaban J connectivity index is 1.78. The molecule has 0 saturated heterocycles. The summed E-state index contributed by atoms with van der Waals surface area (Å²) in [6.45, 7) is 4.04. The van der Waals surface area contributed by atoms with Gasteiger partial charge < -0.3 is 9.73 Å². The van der Waals surface area contributed by atoms with Crippen molar-refractivity contribution in [3.63, 3.8) is 0 Å². The second-order valence-corrected chi connectivity index (χ2v) is 5.22. The first-order valence-electron chi connectivity index (χ1n) is 6.24. The van der Waals surface area contributed by atoms with Gasteiger partial charge in [0.05, 0.1) is 13.0 Å². The van der Waals surface area contributed by atoms with Crippen LogP contribution in [0, 0.1) is 5.92 Å². The molecule has 1 aromatic rings. The Bertz CT molecular complexity index is 399. The summed E-state index contributed by atoms with van der Waals surface area (Å²) in [6, 6.07) is 3.17. The molecule has 2 rings (SSSR count). The van der Waals surface area contributed by atoms with Crippen molar-refractivity contribution in [1.82, 2.24) is 5.32 Å². The third kappa shape index (κ3) is 3.77. The van der Waals surface area contributed by atoms with Crippen LogP contribution in [0.25, 0.3) is 0 Å². The molecule has 18 heavy (non-hydrogen) atoms. The number of rotatable bonds is 5. The number of alkyl halides is 3. The van der Waals surface area contributed by atoms with E-state index in [-0.39, 0.29) is 0 Å². The molecular weight excluding hydrogens is 243 g/mol. The average Bonchev–Trinajstić information content (AvgIpc) is 2.77. The van der Waals surface area contributed by atoms with E-state index in [1.54, 1.807) is 0 Å². The minimum atomic E-state index is -4.12. The second kappa shape index (κ2) is 4.96. The van der Waals surface area contributed by atoms with Crippen molar-refractivity contribution in [3.8, 4) is 0 Å². The Hall–Kier alpha value is -0.970. The quantitative estimate of drug-likeness (QED) is 0.871. The lowest BCUT2D eigenvalue weighted by molar-refractivity contribution is -0.139. The van der Waals surface area contributed by atoms with Gasteiger partial charge >= 0.3 is 6.18 Å².